The van der Waals surface area contributed by atoms with E-state index in [0.717, 1.165) is 17.7 Å². The fourth-order valence-electron chi connectivity index (χ4n) is 2.79. The van der Waals surface area contributed by atoms with Gasteiger partial charge >= 0.3 is 0 Å². The van der Waals surface area contributed by atoms with Crippen molar-refractivity contribution >= 4 is 5.91 Å². The quantitative estimate of drug-likeness (QED) is 0.563. The fourth-order valence-corrected chi connectivity index (χ4v) is 2.79. The number of ether oxygens (including phenoxy) is 2. The SMILES string of the molecule is Cc1cccc(OCCOc2ccc(C(=O)NCCc3ccccc3)cc2)c1. The van der Waals surface area contributed by atoms with E-state index in [2.05, 4.69) is 17.4 Å². The Labute approximate surface area is 166 Å². The van der Waals surface area contributed by atoms with Gasteiger partial charge in [-0.15, -0.1) is 0 Å². The lowest BCUT2D eigenvalue weighted by molar-refractivity contribution is 0.0954. The van der Waals surface area contributed by atoms with Gasteiger partial charge in [-0.2, -0.15) is 0 Å². The number of amides is 1. The lowest BCUT2D eigenvalue weighted by atomic mass is 10.1. The number of hydrogen-bond acceptors (Lipinski definition) is 3. The molecular formula is C24H25NO3. The highest BCUT2D eigenvalue weighted by Gasteiger charge is 2.05. The van der Waals surface area contributed by atoms with Crippen LogP contribution in [0.5, 0.6) is 11.5 Å². The number of nitrogens with one attached hydrogen (secondary N) is 1. The first kappa shape index (κ1) is 19.5. The molecule has 0 atom stereocenters. The molecule has 144 valence electrons. The summed E-state index contributed by atoms with van der Waals surface area (Å²) in [7, 11) is 0. The summed E-state index contributed by atoms with van der Waals surface area (Å²) in [5, 5.41) is 2.94. The smallest absolute Gasteiger partial charge is 0.251 e. The predicted molar refractivity (Wildman–Crippen MR) is 111 cm³/mol. The van der Waals surface area contributed by atoms with Crippen LogP contribution in [0.3, 0.4) is 0 Å². The molecule has 3 aromatic rings. The predicted octanol–water partition coefficient (Wildman–Crippen LogP) is 4.43. The van der Waals surface area contributed by atoms with Gasteiger partial charge in [-0.05, 0) is 60.9 Å². The zero-order chi connectivity index (χ0) is 19.6. The lowest BCUT2D eigenvalue weighted by Gasteiger charge is -2.10. The number of carbonyl (C=O) groups excluding carboxylic acids is 1. The van der Waals surface area contributed by atoms with E-state index in [4.69, 9.17) is 9.47 Å². The Kier molecular flexibility index (Phi) is 7.08. The first-order valence-corrected chi connectivity index (χ1v) is 9.45. The maximum Gasteiger partial charge on any atom is 0.251 e. The largest absolute Gasteiger partial charge is 0.490 e. The Bertz CT molecular complexity index is 876. The highest BCUT2D eigenvalue weighted by Crippen LogP contribution is 2.14. The number of benzene rings is 3. The molecule has 3 aromatic carbocycles. The Morgan fingerprint density at radius 1 is 0.821 bits per heavy atom. The van der Waals surface area contributed by atoms with Crippen LogP contribution in [0, 0.1) is 6.92 Å². The molecular weight excluding hydrogens is 350 g/mol. The second-order valence-electron chi connectivity index (χ2n) is 6.53. The summed E-state index contributed by atoms with van der Waals surface area (Å²) in [6.07, 6.45) is 0.814. The van der Waals surface area contributed by atoms with Gasteiger partial charge in [0.2, 0.25) is 0 Å². The van der Waals surface area contributed by atoms with E-state index in [-0.39, 0.29) is 5.91 Å². The second kappa shape index (κ2) is 10.2. The molecule has 4 heteroatoms. The van der Waals surface area contributed by atoms with Crippen LogP contribution >= 0.6 is 0 Å². The molecule has 0 bridgehead atoms. The van der Waals surface area contributed by atoms with Crippen LogP contribution in [0.25, 0.3) is 0 Å². The Morgan fingerprint density at radius 3 is 2.25 bits per heavy atom. The van der Waals surface area contributed by atoms with Crippen LogP contribution < -0.4 is 14.8 Å². The molecule has 0 saturated carbocycles. The van der Waals surface area contributed by atoms with E-state index in [1.54, 1.807) is 24.3 Å². The third-order valence-electron chi connectivity index (χ3n) is 4.27. The molecule has 3 rings (SSSR count). The van der Waals surface area contributed by atoms with Crippen molar-refractivity contribution in [3.63, 3.8) is 0 Å². The van der Waals surface area contributed by atoms with Gasteiger partial charge in [-0.1, -0.05) is 42.5 Å². The van der Waals surface area contributed by atoms with Crippen molar-refractivity contribution < 1.29 is 14.3 Å². The molecule has 0 saturated heterocycles. The van der Waals surface area contributed by atoms with Crippen molar-refractivity contribution in [3.05, 3.63) is 95.6 Å². The van der Waals surface area contributed by atoms with Crippen LogP contribution in [0.2, 0.25) is 0 Å². The molecule has 0 radical (unpaired) electrons. The highest BCUT2D eigenvalue weighted by atomic mass is 16.5. The number of carbonyl (C=O) groups is 1. The van der Waals surface area contributed by atoms with Gasteiger partial charge in [0.1, 0.15) is 24.7 Å². The summed E-state index contributed by atoms with van der Waals surface area (Å²) in [6, 6.07) is 25.2. The zero-order valence-corrected chi connectivity index (χ0v) is 16.1. The first-order chi connectivity index (χ1) is 13.7. The molecule has 4 nitrogen and oxygen atoms in total. The third-order valence-corrected chi connectivity index (χ3v) is 4.27. The summed E-state index contributed by atoms with van der Waals surface area (Å²) < 4.78 is 11.3. The second-order valence-corrected chi connectivity index (χ2v) is 6.53. The summed E-state index contributed by atoms with van der Waals surface area (Å²) in [6.45, 7) is 3.54. The van der Waals surface area contributed by atoms with Crippen molar-refractivity contribution in [2.24, 2.45) is 0 Å². The van der Waals surface area contributed by atoms with Crippen molar-refractivity contribution in [2.75, 3.05) is 19.8 Å². The monoisotopic (exact) mass is 375 g/mol. The molecule has 0 fully saturated rings. The standard InChI is InChI=1S/C24H25NO3/c1-19-6-5-9-23(18-19)28-17-16-27-22-12-10-21(11-13-22)24(26)25-15-14-20-7-3-2-4-8-20/h2-13,18H,14-17H2,1H3,(H,25,26). The molecule has 0 unspecified atom stereocenters. The zero-order valence-electron chi connectivity index (χ0n) is 16.1. The fraction of sp³-hybridized carbons (Fsp3) is 0.208. The van der Waals surface area contributed by atoms with E-state index < -0.39 is 0 Å². The van der Waals surface area contributed by atoms with Crippen molar-refractivity contribution in [1.29, 1.82) is 0 Å². The molecule has 0 heterocycles. The van der Waals surface area contributed by atoms with E-state index in [1.807, 2.05) is 49.4 Å². The Balaban J connectivity index is 1.38. The molecule has 1 N–H and O–H groups in total. The third kappa shape index (κ3) is 6.16. The van der Waals surface area contributed by atoms with Gasteiger partial charge in [-0.3, -0.25) is 4.79 Å². The van der Waals surface area contributed by atoms with Crippen LogP contribution in [-0.4, -0.2) is 25.7 Å². The Hall–Kier alpha value is -3.27. The normalized spacial score (nSPS) is 10.3. The molecule has 0 aliphatic heterocycles. The summed E-state index contributed by atoms with van der Waals surface area (Å²) in [5.74, 6) is 1.48. The van der Waals surface area contributed by atoms with E-state index in [0.29, 0.717) is 31.1 Å². The minimum atomic E-state index is -0.0785. The maximum absolute atomic E-state index is 12.2. The molecule has 0 aliphatic rings. The summed E-state index contributed by atoms with van der Waals surface area (Å²) in [4.78, 5) is 12.2. The molecule has 0 aliphatic carbocycles. The van der Waals surface area contributed by atoms with Gasteiger partial charge in [-0.25, -0.2) is 0 Å². The van der Waals surface area contributed by atoms with Crippen LogP contribution in [-0.2, 0) is 6.42 Å². The minimum absolute atomic E-state index is 0.0785. The lowest BCUT2D eigenvalue weighted by Crippen LogP contribution is -2.25. The van der Waals surface area contributed by atoms with E-state index >= 15 is 0 Å². The van der Waals surface area contributed by atoms with Crippen LogP contribution in [0.4, 0.5) is 0 Å². The first-order valence-electron chi connectivity index (χ1n) is 9.45. The molecule has 0 aromatic heterocycles. The minimum Gasteiger partial charge on any atom is -0.490 e. The average Bonchev–Trinajstić information content (AvgIpc) is 2.72. The van der Waals surface area contributed by atoms with Crippen LogP contribution in [0.1, 0.15) is 21.5 Å². The van der Waals surface area contributed by atoms with Gasteiger partial charge < -0.3 is 14.8 Å². The van der Waals surface area contributed by atoms with Gasteiger partial charge in [0.25, 0.3) is 5.91 Å². The topological polar surface area (TPSA) is 47.6 Å². The van der Waals surface area contributed by atoms with Crippen molar-refractivity contribution in [2.45, 2.75) is 13.3 Å². The molecule has 1 amide bonds. The van der Waals surface area contributed by atoms with Crippen molar-refractivity contribution in [1.82, 2.24) is 5.32 Å². The average molecular weight is 375 g/mol. The number of aryl methyl sites for hydroxylation is 1. The summed E-state index contributed by atoms with van der Waals surface area (Å²) >= 11 is 0. The maximum atomic E-state index is 12.2. The highest BCUT2D eigenvalue weighted by molar-refractivity contribution is 5.94. The van der Waals surface area contributed by atoms with Gasteiger partial charge in [0.05, 0.1) is 0 Å². The number of hydrogen-bond donors (Lipinski definition) is 1. The molecule has 28 heavy (non-hydrogen) atoms. The van der Waals surface area contributed by atoms with Crippen LogP contribution in [0.15, 0.2) is 78.9 Å². The van der Waals surface area contributed by atoms with Gasteiger partial charge in [0, 0.05) is 12.1 Å². The number of rotatable bonds is 9. The van der Waals surface area contributed by atoms with E-state index in [9.17, 15) is 4.79 Å². The van der Waals surface area contributed by atoms with E-state index in [1.165, 1.54) is 5.56 Å². The van der Waals surface area contributed by atoms with Crippen molar-refractivity contribution in [3.8, 4) is 11.5 Å². The van der Waals surface area contributed by atoms with Gasteiger partial charge in [0.15, 0.2) is 0 Å². The Morgan fingerprint density at radius 2 is 1.54 bits per heavy atom. The summed E-state index contributed by atoms with van der Waals surface area (Å²) in [5.41, 5.74) is 2.99. The molecule has 0 spiro atoms.